The number of fused-ring (bicyclic) bond motifs is 1. The summed E-state index contributed by atoms with van der Waals surface area (Å²) in [6.45, 7) is 1.68. The van der Waals surface area contributed by atoms with E-state index in [1.54, 1.807) is 0 Å². The van der Waals surface area contributed by atoms with Crippen LogP contribution in [0.4, 0.5) is 0 Å². The van der Waals surface area contributed by atoms with Crippen molar-refractivity contribution >= 4 is 11.6 Å². The Morgan fingerprint density at radius 2 is 1.92 bits per heavy atom. The standard InChI is InChI=1S/C17H15ClN4O2/c18-14-9-12(10-15-16(14)24-8-4-7-23-15)11-22-20-17(19-21-22)13-5-2-1-3-6-13/h1-3,5-6,9-10H,4,7-8,11H2. The molecule has 6 nitrogen and oxygen atoms in total. The molecule has 0 spiro atoms. The van der Waals surface area contributed by atoms with Gasteiger partial charge in [-0.15, -0.1) is 10.2 Å². The van der Waals surface area contributed by atoms with Crippen molar-refractivity contribution in [2.75, 3.05) is 13.2 Å². The third-order valence-corrected chi connectivity index (χ3v) is 3.95. The minimum absolute atomic E-state index is 0.455. The zero-order chi connectivity index (χ0) is 16.4. The summed E-state index contributed by atoms with van der Waals surface area (Å²) >= 11 is 6.32. The van der Waals surface area contributed by atoms with Crippen LogP contribution in [0.25, 0.3) is 11.4 Å². The summed E-state index contributed by atoms with van der Waals surface area (Å²) in [6.07, 6.45) is 0.839. The van der Waals surface area contributed by atoms with E-state index in [-0.39, 0.29) is 0 Å². The van der Waals surface area contributed by atoms with Gasteiger partial charge in [-0.2, -0.15) is 4.80 Å². The minimum atomic E-state index is 0.455. The van der Waals surface area contributed by atoms with Gasteiger partial charge in [-0.25, -0.2) is 0 Å². The summed E-state index contributed by atoms with van der Waals surface area (Å²) in [5, 5.41) is 13.2. The maximum atomic E-state index is 6.32. The van der Waals surface area contributed by atoms with E-state index in [1.165, 1.54) is 4.80 Å². The molecule has 4 rings (SSSR count). The third kappa shape index (κ3) is 3.05. The van der Waals surface area contributed by atoms with E-state index in [4.69, 9.17) is 21.1 Å². The molecular weight excluding hydrogens is 328 g/mol. The zero-order valence-corrected chi connectivity index (χ0v) is 13.6. The Labute approximate surface area is 144 Å². The summed E-state index contributed by atoms with van der Waals surface area (Å²) in [6, 6.07) is 13.5. The van der Waals surface area contributed by atoms with E-state index in [2.05, 4.69) is 15.4 Å². The van der Waals surface area contributed by atoms with Crippen molar-refractivity contribution in [1.82, 2.24) is 20.2 Å². The first-order valence-corrected chi connectivity index (χ1v) is 8.08. The van der Waals surface area contributed by atoms with Gasteiger partial charge in [0.25, 0.3) is 0 Å². The lowest BCUT2D eigenvalue weighted by molar-refractivity contribution is 0.297. The molecule has 1 aliphatic rings. The Balaban J connectivity index is 1.59. The van der Waals surface area contributed by atoms with E-state index in [1.807, 2.05) is 42.5 Å². The predicted molar refractivity (Wildman–Crippen MR) is 89.4 cm³/mol. The van der Waals surface area contributed by atoms with Crippen LogP contribution in [0.3, 0.4) is 0 Å². The van der Waals surface area contributed by atoms with Crippen molar-refractivity contribution in [3.63, 3.8) is 0 Å². The molecule has 7 heteroatoms. The van der Waals surface area contributed by atoms with Crippen molar-refractivity contribution in [3.05, 3.63) is 53.1 Å². The molecule has 0 amide bonds. The van der Waals surface area contributed by atoms with Gasteiger partial charge < -0.3 is 9.47 Å². The first kappa shape index (κ1) is 15.0. The largest absolute Gasteiger partial charge is 0.489 e. The Kier molecular flexibility index (Phi) is 4.04. The fourth-order valence-electron chi connectivity index (χ4n) is 2.55. The molecule has 2 aromatic carbocycles. The highest BCUT2D eigenvalue weighted by Gasteiger charge is 2.16. The summed E-state index contributed by atoms with van der Waals surface area (Å²) in [5.74, 6) is 1.86. The Hall–Kier alpha value is -2.60. The molecule has 0 bridgehead atoms. The lowest BCUT2D eigenvalue weighted by atomic mass is 10.2. The van der Waals surface area contributed by atoms with Crippen molar-refractivity contribution in [1.29, 1.82) is 0 Å². The topological polar surface area (TPSA) is 62.1 Å². The van der Waals surface area contributed by atoms with Crippen molar-refractivity contribution in [2.45, 2.75) is 13.0 Å². The SMILES string of the molecule is Clc1cc(Cn2nnc(-c3ccccc3)n2)cc2c1OCCCO2. The molecule has 122 valence electrons. The Bertz CT molecular complexity index is 851. The van der Waals surface area contributed by atoms with E-state index < -0.39 is 0 Å². The second-order valence-electron chi connectivity index (χ2n) is 5.46. The molecule has 0 unspecified atom stereocenters. The van der Waals surface area contributed by atoms with Gasteiger partial charge in [-0.05, 0) is 22.9 Å². The number of benzene rings is 2. The van der Waals surface area contributed by atoms with Gasteiger partial charge >= 0.3 is 0 Å². The van der Waals surface area contributed by atoms with Gasteiger partial charge in [-0.1, -0.05) is 41.9 Å². The van der Waals surface area contributed by atoms with Crippen LogP contribution in [0.2, 0.25) is 5.02 Å². The fourth-order valence-corrected chi connectivity index (χ4v) is 2.84. The number of hydrogen-bond donors (Lipinski definition) is 0. The van der Waals surface area contributed by atoms with Gasteiger partial charge in [0, 0.05) is 12.0 Å². The second kappa shape index (κ2) is 6.49. The average Bonchev–Trinajstić information content (AvgIpc) is 2.92. The third-order valence-electron chi connectivity index (χ3n) is 3.67. The normalized spacial score (nSPS) is 13.5. The van der Waals surface area contributed by atoms with E-state index in [0.29, 0.717) is 42.1 Å². The molecule has 1 aromatic heterocycles. The monoisotopic (exact) mass is 342 g/mol. The maximum absolute atomic E-state index is 6.32. The number of hydrogen-bond acceptors (Lipinski definition) is 5. The van der Waals surface area contributed by atoms with Crippen LogP contribution in [0, 0.1) is 0 Å². The number of aromatic nitrogens is 4. The smallest absolute Gasteiger partial charge is 0.204 e. The average molecular weight is 343 g/mol. The quantitative estimate of drug-likeness (QED) is 0.731. The first-order chi connectivity index (χ1) is 11.8. The molecule has 0 N–H and O–H groups in total. The molecule has 0 atom stereocenters. The number of nitrogens with zero attached hydrogens (tertiary/aromatic N) is 4. The maximum Gasteiger partial charge on any atom is 0.204 e. The molecule has 0 saturated carbocycles. The van der Waals surface area contributed by atoms with Crippen LogP contribution in [-0.2, 0) is 6.54 Å². The van der Waals surface area contributed by atoms with E-state index in [9.17, 15) is 0 Å². The van der Waals surface area contributed by atoms with Crippen molar-refractivity contribution in [2.24, 2.45) is 0 Å². The highest BCUT2D eigenvalue weighted by atomic mass is 35.5. The van der Waals surface area contributed by atoms with E-state index >= 15 is 0 Å². The number of ether oxygens (including phenoxy) is 2. The van der Waals surface area contributed by atoms with Crippen LogP contribution >= 0.6 is 11.6 Å². The molecule has 0 aliphatic carbocycles. The molecular formula is C17H15ClN4O2. The second-order valence-corrected chi connectivity index (χ2v) is 5.87. The van der Waals surface area contributed by atoms with Gasteiger partial charge in [0.2, 0.25) is 5.82 Å². The zero-order valence-electron chi connectivity index (χ0n) is 12.9. The molecule has 3 aromatic rings. The summed E-state index contributed by atoms with van der Waals surface area (Å²) in [4.78, 5) is 1.54. The van der Waals surface area contributed by atoms with Crippen LogP contribution in [0.5, 0.6) is 11.5 Å². The summed E-state index contributed by atoms with van der Waals surface area (Å²) in [5.41, 5.74) is 1.86. The number of rotatable bonds is 3. The number of tetrazole rings is 1. The van der Waals surface area contributed by atoms with Gasteiger partial charge in [0.05, 0.1) is 24.8 Å². The Morgan fingerprint density at radius 3 is 2.79 bits per heavy atom. The predicted octanol–water partition coefficient (Wildman–Crippen LogP) is 3.20. The van der Waals surface area contributed by atoms with Crippen LogP contribution in [0.1, 0.15) is 12.0 Å². The molecule has 1 aliphatic heterocycles. The molecule has 0 saturated heterocycles. The highest BCUT2D eigenvalue weighted by Crippen LogP contribution is 2.38. The van der Waals surface area contributed by atoms with Crippen molar-refractivity contribution in [3.8, 4) is 22.9 Å². The van der Waals surface area contributed by atoms with Crippen molar-refractivity contribution < 1.29 is 9.47 Å². The Morgan fingerprint density at radius 1 is 1.08 bits per heavy atom. The van der Waals surface area contributed by atoms with Crippen LogP contribution in [-0.4, -0.2) is 33.4 Å². The molecule has 2 heterocycles. The van der Waals surface area contributed by atoms with Gasteiger partial charge in [0.1, 0.15) is 0 Å². The van der Waals surface area contributed by atoms with Gasteiger partial charge in [0.15, 0.2) is 11.5 Å². The molecule has 0 fully saturated rings. The minimum Gasteiger partial charge on any atom is -0.489 e. The summed E-state index contributed by atoms with van der Waals surface area (Å²) < 4.78 is 11.3. The van der Waals surface area contributed by atoms with Crippen LogP contribution < -0.4 is 9.47 Å². The highest BCUT2D eigenvalue weighted by molar-refractivity contribution is 6.32. The fraction of sp³-hybridized carbons (Fsp3) is 0.235. The van der Waals surface area contributed by atoms with Crippen LogP contribution in [0.15, 0.2) is 42.5 Å². The molecule has 0 radical (unpaired) electrons. The lowest BCUT2D eigenvalue weighted by Crippen LogP contribution is -2.05. The van der Waals surface area contributed by atoms with E-state index in [0.717, 1.165) is 17.5 Å². The molecule has 24 heavy (non-hydrogen) atoms. The lowest BCUT2D eigenvalue weighted by Gasteiger charge is -2.11. The van der Waals surface area contributed by atoms with Gasteiger partial charge in [-0.3, -0.25) is 0 Å². The first-order valence-electron chi connectivity index (χ1n) is 7.71. The number of halogens is 1. The summed E-state index contributed by atoms with van der Waals surface area (Å²) in [7, 11) is 0.